The standard InChI is InChI=1S/C15H24N2O3/c1-10(2)14(16)15(18)17(3)9-11-6-7-12(19-4)13(8-11)20-5/h6-8,10,14H,9,16H2,1-5H3. The average Bonchev–Trinajstić information content (AvgIpc) is 2.45. The van der Waals surface area contributed by atoms with Gasteiger partial charge >= 0.3 is 0 Å². The van der Waals surface area contributed by atoms with E-state index < -0.39 is 6.04 Å². The molecule has 0 aliphatic heterocycles. The van der Waals surface area contributed by atoms with Gasteiger partial charge in [0, 0.05) is 13.6 Å². The van der Waals surface area contributed by atoms with Crippen LogP contribution in [0.5, 0.6) is 11.5 Å². The van der Waals surface area contributed by atoms with E-state index >= 15 is 0 Å². The van der Waals surface area contributed by atoms with E-state index in [2.05, 4.69) is 0 Å². The predicted octanol–water partition coefficient (Wildman–Crippen LogP) is 1.65. The second-order valence-corrected chi connectivity index (χ2v) is 5.15. The summed E-state index contributed by atoms with van der Waals surface area (Å²) in [7, 11) is 4.93. The number of ether oxygens (including phenoxy) is 2. The molecule has 0 saturated heterocycles. The van der Waals surface area contributed by atoms with E-state index in [0.717, 1.165) is 5.56 Å². The highest BCUT2D eigenvalue weighted by Crippen LogP contribution is 2.27. The van der Waals surface area contributed by atoms with Crippen molar-refractivity contribution >= 4 is 5.91 Å². The highest BCUT2D eigenvalue weighted by molar-refractivity contribution is 5.81. The van der Waals surface area contributed by atoms with Crippen molar-refractivity contribution < 1.29 is 14.3 Å². The predicted molar refractivity (Wildman–Crippen MR) is 78.8 cm³/mol. The second kappa shape index (κ2) is 7.14. The largest absolute Gasteiger partial charge is 0.493 e. The van der Waals surface area contributed by atoms with E-state index in [9.17, 15) is 4.79 Å². The zero-order valence-corrected chi connectivity index (χ0v) is 12.8. The van der Waals surface area contributed by atoms with Crippen LogP contribution in [0.1, 0.15) is 19.4 Å². The molecule has 2 N–H and O–H groups in total. The molecule has 1 unspecified atom stereocenters. The quantitative estimate of drug-likeness (QED) is 0.860. The number of methoxy groups -OCH3 is 2. The molecule has 0 spiro atoms. The third kappa shape index (κ3) is 3.87. The number of benzene rings is 1. The van der Waals surface area contributed by atoms with Gasteiger partial charge in [-0.15, -0.1) is 0 Å². The maximum absolute atomic E-state index is 12.1. The van der Waals surface area contributed by atoms with Gasteiger partial charge in [0.15, 0.2) is 11.5 Å². The first-order chi connectivity index (χ1) is 9.40. The van der Waals surface area contributed by atoms with Crippen LogP contribution >= 0.6 is 0 Å². The van der Waals surface area contributed by atoms with Crippen LogP contribution in [0.4, 0.5) is 0 Å². The number of rotatable bonds is 6. The summed E-state index contributed by atoms with van der Waals surface area (Å²) in [5.41, 5.74) is 6.85. The number of nitrogens with two attached hydrogens (primary N) is 1. The van der Waals surface area contributed by atoms with Crippen LogP contribution in [0, 0.1) is 5.92 Å². The van der Waals surface area contributed by atoms with Crippen LogP contribution in [0.25, 0.3) is 0 Å². The Bertz CT molecular complexity index is 460. The number of likely N-dealkylation sites (N-methyl/N-ethyl adjacent to an activating group) is 1. The third-order valence-corrected chi connectivity index (χ3v) is 3.25. The van der Waals surface area contributed by atoms with Gasteiger partial charge in [-0.2, -0.15) is 0 Å². The molecule has 1 rings (SSSR count). The van der Waals surface area contributed by atoms with Crippen molar-refractivity contribution in [2.24, 2.45) is 11.7 Å². The molecule has 0 aliphatic rings. The summed E-state index contributed by atoms with van der Waals surface area (Å²) in [6.45, 7) is 4.36. The molecule has 1 aromatic carbocycles. The Hall–Kier alpha value is -1.75. The summed E-state index contributed by atoms with van der Waals surface area (Å²) in [5.74, 6) is 1.38. The minimum absolute atomic E-state index is 0.0604. The van der Waals surface area contributed by atoms with Gasteiger partial charge in [0.25, 0.3) is 0 Å². The average molecular weight is 280 g/mol. The highest BCUT2D eigenvalue weighted by atomic mass is 16.5. The minimum Gasteiger partial charge on any atom is -0.493 e. The maximum atomic E-state index is 12.1. The normalized spacial score (nSPS) is 12.2. The van der Waals surface area contributed by atoms with Crippen molar-refractivity contribution in [3.05, 3.63) is 23.8 Å². The first-order valence-corrected chi connectivity index (χ1v) is 6.62. The first kappa shape index (κ1) is 16.3. The molecule has 5 nitrogen and oxygen atoms in total. The lowest BCUT2D eigenvalue weighted by atomic mass is 10.0. The van der Waals surface area contributed by atoms with Crippen LogP contribution in [0.3, 0.4) is 0 Å². The molecule has 0 bridgehead atoms. The Morgan fingerprint density at radius 1 is 1.25 bits per heavy atom. The topological polar surface area (TPSA) is 64.8 Å². The number of amides is 1. The van der Waals surface area contributed by atoms with Gasteiger partial charge in [0.1, 0.15) is 0 Å². The molecule has 0 radical (unpaired) electrons. The summed E-state index contributed by atoms with van der Waals surface area (Å²) in [5, 5.41) is 0. The molecule has 112 valence electrons. The number of carbonyl (C=O) groups is 1. The highest BCUT2D eigenvalue weighted by Gasteiger charge is 2.21. The van der Waals surface area contributed by atoms with Gasteiger partial charge in [-0.25, -0.2) is 0 Å². The Kier molecular flexibility index (Phi) is 5.82. The number of nitrogens with zero attached hydrogens (tertiary/aromatic N) is 1. The lowest BCUT2D eigenvalue weighted by molar-refractivity contribution is -0.132. The Labute approximate surface area is 120 Å². The second-order valence-electron chi connectivity index (χ2n) is 5.15. The van der Waals surface area contributed by atoms with E-state index in [1.165, 1.54) is 0 Å². The van der Waals surface area contributed by atoms with E-state index in [0.29, 0.717) is 18.0 Å². The van der Waals surface area contributed by atoms with Crippen LogP contribution in [0.15, 0.2) is 18.2 Å². The Morgan fingerprint density at radius 2 is 1.85 bits per heavy atom. The fourth-order valence-electron chi connectivity index (χ4n) is 1.87. The van der Waals surface area contributed by atoms with Crippen LogP contribution in [-0.4, -0.2) is 38.1 Å². The number of hydrogen-bond donors (Lipinski definition) is 1. The van der Waals surface area contributed by atoms with E-state index in [1.54, 1.807) is 26.2 Å². The van der Waals surface area contributed by atoms with E-state index in [1.807, 2.05) is 32.0 Å². The zero-order valence-electron chi connectivity index (χ0n) is 12.8. The monoisotopic (exact) mass is 280 g/mol. The van der Waals surface area contributed by atoms with Crippen LogP contribution in [-0.2, 0) is 11.3 Å². The van der Waals surface area contributed by atoms with Gasteiger partial charge < -0.3 is 20.1 Å². The fourth-order valence-corrected chi connectivity index (χ4v) is 1.87. The van der Waals surface area contributed by atoms with Crippen molar-refractivity contribution in [2.45, 2.75) is 26.4 Å². The van der Waals surface area contributed by atoms with Crippen molar-refractivity contribution in [3.8, 4) is 11.5 Å². The molecule has 0 heterocycles. The van der Waals surface area contributed by atoms with Crippen LogP contribution in [0.2, 0.25) is 0 Å². The summed E-state index contributed by atoms with van der Waals surface area (Å²) in [6.07, 6.45) is 0. The number of carbonyl (C=O) groups excluding carboxylic acids is 1. The SMILES string of the molecule is COc1ccc(CN(C)C(=O)C(N)C(C)C)cc1OC. The van der Waals surface area contributed by atoms with Crippen molar-refractivity contribution in [1.29, 1.82) is 0 Å². The molecule has 1 atom stereocenters. The Morgan fingerprint density at radius 3 is 2.35 bits per heavy atom. The smallest absolute Gasteiger partial charge is 0.239 e. The van der Waals surface area contributed by atoms with E-state index in [4.69, 9.17) is 15.2 Å². The van der Waals surface area contributed by atoms with Gasteiger partial charge in [0.2, 0.25) is 5.91 Å². The molecule has 5 heteroatoms. The molecular formula is C15H24N2O3. The third-order valence-electron chi connectivity index (χ3n) is 3.25. The lowest BCUT2D eigenvalue weighted by Crippen LogP contribution is -2.44. The minimum atomic E-state index is -0.472. The van der Waals surface area contributed by atoms with E-state index in [-0.39, 0.29) is 11.8 Å². The van der Waals surface area contributed by atoms with Gasteiger partial charge in [-0.3, -0.25) is 4.79 Å². The summed E-state index contributed by atoms with van der Waals surface area (Å²) in [6, 6.07) is 5.13. The summed E-state index contributed by atoms with van der Waals surface area (Å²) in [4.78, 5) is 13.7. The molecular weight excluding hydrogens is 256 g/mol. The summed E-state index contributed by atoms with van der Waals surface area (Å²) < 4.78 is 10.4. The molecule has 1 amide bonds. The maximum Gasteiger partial charge on any atom is 0.239 e. The molecule has 0 saturated carbocycles. The molecule has 1 aromatic rings. The van der Waals surface area contributed by atoms with Crippen molar-refractivity contribution in [3.63, 3.8) is 0 Å². The Balaban J connectivity index is 2.80. The van der Waals surface area contributed by atoms with Gasteiger partial charge in [0.05, 0.1) is 20.3 Å². The number of hydrogen-bond acceptors (Lipinski definition) is 4. The summed E-state index contributed by atoms with van der Waals surface area (Å²) >= 11 is 0. The first-order valence-electron chi connectivity index (χ1n) is 6.62. The molecule has 20 heavy (non-hydrogen) atoms. The zero-order chi connectivity index (χ0) is 15.3. The molecule has 0 aromatic heterocycles. The van der Waals surface area contributed by atoms with Gasteiger partial charge in [-0.05, 0) is 23.6 Å². The van der Waals surface area contributed by atoms with Crippen molar-refractivity contribution in [2.75, 3.05) is 21.3 Å². The molecule has 0 fully saturated rings. The van der Waals surface area contributed by atoms with Crippen LogP contribution < -0.4 is 15.2 Å². The van der Waals surface area contributed by atoms with Crippen molar-refractivity contribution in [1.82, 2.24) is 4.90 Å². The molecule has 0 aliphatic carbocycles. The fraction of sp³-hybridized carbons (Fsp3) is 0.533. The lowest BCUT2D eigenvalue weighted by Gasteiger charge is -2.23. The van der Waals surface area contributed by atoms with Gasteiger partial charge in [-0.1, -0.05) is 19.9 Å².